The molecule has 2 rings (SSSR count). The van der Waals surface area contributed by atoms with Gasteiger partial charge in [0.05, 0.1) is 12.1 Å². The minimum atomic E-state index is -4.25. The Hall–Kier alpha value is -2.59. The van der Waals surface area contributed by atoms with Gasteiger partial charge in [0.1, 0.15) is 4.90 Å². The number of methoxy groups -OCH3 is 1. The lowest BCUT2D eigenvalue weighted by Crippen LogP contribution is -2.44. The molecule has 2 aromatic rings. The topological polar surface area (TPSA) is 137 Å². The first kappa shape index (κ1) is 17.8. The zero-order chi connectivity index (χ0) is 17.9. The van der Waals surface area contributed by atoms with E-state index in [2.05, 4.69) is 15.1 Å². The van der Waals surface area contributed by atoms with Crippen molar-refractivity contribution >= 4 is 33.5 Å². The zero-order valence-electron chi connectivity index (χ0n) is 12.8. The molecule has 24 heavy (non-hydrogen) atoms. The lowest BCUT2D eigenvalue weighted by Gasteiger charge is -2.21. The van der Waals surface area contributed by atoms with E-state index in [-0.39, 0.29) is 21.7 Å². The molecule has 0 amide bonds. The molecule has 0 aliphatic carbocycles. The van der Waals surface area contributed by atoms with Crippen LogP contribution < -0.4 is 20.6 Å². The number of sulfonamides is 1. The molecule has 0 atom stereocenters. The number of hydrogen-bond acceptors (Lipinski definition) is 7. The maximum absolute atomic E-state index is 13.0. The van der Waals surface area contributed by atoms with E-state index in [4.69, 9.17) is 27.9 Å². The van der Waals surface area contributed by atoms with Crippen LogP contribution in [0.5, 0.6) is 5.88 Å². The first-order chi connectivity index (χ1) is 11.3. The van der Waals surface area contributed by atoms with Crippen molar-refractivity contribution in [2.24, 2.45) is 16.7 Å². The van der Waals surface area contributed by atoms with Crippen molar-refractivity contribution in [2.75, 3.05) is 11.4 Å². The van der Waals surface area contributed by atoms with Crippen molar-refractivity contribution in [1.29, 1.82) is 0 Å². The molecule has 0 saturated heterocycles. The van der Waals surface area contributed by atoms with E-state index in [9.17, 15) is 8.42 Å². The number of anilines is 1. The first-order valence-electron chi connectivity index (χ1n) is 6.54. The summed E-state index contributed by atoms with van der Waals surface area (Å²) in [5.41, 5.74) is 6.13. The molecule has 1 aromatic heterocycles. The third-order valence-corrected chi connectivity index (χ3v) is 5.09. The van der Waals surface area contributed by atoms with E-state index < -0.39 is 16.0 Å². The second-order valence-electron chi connectivity index (χ2n) is 4.54. The van der Waals surface area contributed by atoms with Crippen LogP contribution in [0, 0.1) is 6.92 Å². The molecule has 0 unspecified atom stereocenters. The maximum atomic E-state index is 13.0. The predicted octanol–water partition coefficient (Wildman–Crippen LogP) is 0.831. The van der Waals surface area contributed by atoms with Gasteiger partial charge in [-0.25, -0.2) is 13.4 Å². The van der Waals surface area contributed by atoms with Crippen LogP contribution in [-0.2, 0) is 10.0 Å². The van der Waals surface area contributed by atoms with Crippen LogP contribution in [0.1, 0.15) is 5.69 Å². The van der Waals surface area contributed by atoms with E-state index in [1.807, 2.05) is 0 Å². The van der Waals surface area contributed by atoms with E-state index >= 15 is 0 Å². The Morgan fingerprint density at radius 1 is 1.33 bits per heavy atom. The summed E-state index contributed by atoms with van der Waals surface area (Å²) < 4.78 is 31.6. The van der Waals surface area contributed by atoms with Crippen LogP contribution in [-0.4, -0.2) is 31.5 Å². The van der Waals surface area contributed by atoms with Gasteiger partial charge in [-0.15, -0.1) is 5.10 Å². The molecular formula is C13H15ClN6O3S. The van der Waals surface area contributed by atoms with Gasteiger partial charge in [-0.3, -0.25) is 0 Å². The Morgan fingerprint density at radius 2 is 2.00 bits per heavy atom. The number of hydrazone groups is 1. The molecule has 11 heteroatoms. The van der Waals surface area contributed by atoms with Gasteiger partial charge in [0, 0.05) is 11.8 Å². The highest BCUT2D eigenvalue weighted by molar-refractivity contribution is 7.93. The molecule has 1 heterocycles. The number of ether oxygens (including phenoxy) is 1. The molecule has 1 aromatic carbocycles. The van der Waals surface area contributed by atoms with Gasteiger partial charge in [0.2, 0.25) is 17.8 Å². The van der Waals surface area contributed by atoms with Gasteiger partial charge in [-0.1, -0.05) is 23.7 Å². The number of aryl methyl sites for hydroxylation is 1. The molecule has 128 valence electrons. The molecular weight excluding hydrogens is 356 g/mol. The monoisotopic (exact) mass is 370 g/mol. The van der Waals surface area contributed by atoms with Gasteiger partial charge >= 0.3 is 0 Å². The summed E-state index contributed by atoms with van der Waals surface area (Å²) in [5, 5.41) is 3.26. The normalized spacial score (nSPS) is 12.0. The first-order valence-corrected chi connectivity index (χ1v) is 8.36. The third-order valence-electron chi connectivity index (χ3n) is 2.90. The van der Waals surface area contributed by atoms with Gasteiger partial charge < -0.3 is 16.3 Å². The van der Waals surface area contributed by atoms with Crippen molar-refractivity contribution in [3.05, 3.63) is 41.0 Å². The lowest BCUT2D eigenvalue weighted by atomic mass is 10.4. The zero-order valence-corrected chi connectivity index (χ0v) is 14.4. The highest BCUT2D eigenvalue weighted by Gasteiger charge is 2.32. The highest BCUT2D eigenvalue weighted by Crippen LogP contribution is 2.27. The van der Waals surface area contributed by atoms with E-state index in [0.717, 1.165) is 0 Å². The van der Waals surface area contributed by atoms with Crippen LogP contribution in [0.15, 0.2) is 40.3 Å². The molecule has 0 saturated carbocycles. The fraction of sp³-hybridized carbons (Fsp3) is 0.154. The number of aromatic nitrogens is 2. The average Bonchev–Trinajstić information content (AvgIpc) is 2.54. The number of benzene rings is 1. The van der Waals surface area contributed by atoms with Crippen LogP contribution in [0.4, 0.5) is 5.95 Å². The number of rotatable bonds is 4. The standard InChI is InChI=1S/C13H15ClN6O3S/c1-8-7-11(23-2)18-13(17-8)20(12(15)19-16)24(21,22)10-6-4-3-5-9(10)14/h3-7H,16H2,1-2H3,(H2,15,19). The number of guanidine groups is 1. The summed E-state index contributed by atoms with van der Waals surface area (Å²) in [6.07, 6.45) is 0. The molecule has 0 radical (unpaired) electrons. The Balaban J connectivity index is 2.71. The summed E-state index contributed by atoms with van der Waals surface area (Å²) in [6, 6.07) is 7.39. The fourth-order valence-corrected chi connectivity index (χ4v) is 3.64. The predicted molar refractivity (Wildman–Crippen MR) is 90.2 cm³/mol. The smallest absolute Gasteiger partial charge is 0.274 e. The van der Waals surface area contributed by atoms with Gasteiger partial charge in [-0.2, -0.15) is 9.29 Å². The molecule has 4 N–H and O–H groups in total. The summed E-state index contributed by atoms with van der Waals surface area (Å²) >= 11 is 5.99. The summed E-state index contributed by atoms with van der Waals surface area (Å²) in [5.74, 6) is 4.53. The Morgan fingerprint density at radius 3 is 2.58 bits per heavy atom. The summed E-state index contributed by atoms with van der Waals surface area (Å²) in [7, 11) is -2.87. The van der Waals surface area contributed by atoms with Crippen LogP contribution in [0.2, 0.25) is 5.02 Å². The summed E-state index contributed by atoms with van der Waals surface area (Å²) in [6.45, 7) is 1.64. The Labute approximate surface area is 144 Å². The molecule has 0 fully saturated rings. The van der Waals surface area contributed by atoms with Gasteiger partial charge in [0.25, 0.3) is 10.0 Å². The molecule has 0 bridgehead atoms. The second kappa shape index (κ2) is 6.89. The Bertz CT molecular complexity index is 887. The van der Waals surface area contributed by atoms with Crippen LogP contribution in [0.25, 0.3) is 0 Å². The Kier molecular flexibility index (Phi) is 5.10. The highest BCUT2D eigenvalue weighted by atomic mass is 35.5. The molecule has 9 nitrogen and oxygen atoms in total. The lowest BCUT2D eigenvalue weighted by molar-refractivity contribution is 0.397. The SMILES string of the molecule is COc1cc(C)nc(N(C(N)=NN)S(=O)(=O)c2ccccc2Cl)n1. The third kappa shape index (κ3) is 3.34. The van der Waals surface area contributed by atoms with Crippen molar-refractivity contribution in [2.45, 2.75) is 11.8 Å². The molecule has 0 aliphatic heterocycles. The minimum absolute atomic E-state index is 0.00643. The number of nitrogens with zero attached hydrogens (tertiary/aromatic N) is 4. The van der Waals surface area contributed by atoms with Gasteiger partial charge in [0.15, 0.2) is 0 Å². The van der Waals surface area contributed by atoms with E-state index in [0.29, 0.717) is 10.00 Å². The van der Waals surface area contributed by atoms with Crippen molar-refractivity contribution < 1.29 is 13.2 Å². The fourth-order valence-electron chi connectivity index (χ4n) is 1.86. The minimum Gasteiger partial charge on any atom is -0.481 e. The molecule has 0 spiro atoms. The number of hydrogen-bond donors (Lipinski definition) is 2. The second-order valence-corrected chi connectivity index (χ2v) is 6.70. The van der Waals surface area contributed by atoms with Crippen molar-refractivity contribution in [3.8, 4) is 5.88 Å². The van der Waals surface area contributed by atoms with Crippen LogP contribution >= 0.6 is 11.6 Å². The maximum Gasteiger partial charge on any atom is 0.274 e. The quantitative estimate of drug-likeness (QED) is 0.352. The van der Waals surface area contributed by atoms with Crippen LogP contribution in [0.3, 0.4) is 0 Å². The van der Waals surface area contributed by atoms with E-state index in [1.54, 1.807) is 13.0 Å². The largest absolute Gasteiger partial charge is 0.481 e. The van der Waals surface area contributed by atoms with Crippen molar-refractivity contribution in [3.63, 3.8) is 0 Å². The number of halogens is 1. The van der Waals surface area contributed by atoms with Gasteiger partial charge in [-0.05, 0) is 19.1 Å². The molecule has 0 aliphatic rings. The average molecular weight is 371 g/mol. The van der Waals surface area contributed by atoms with Crippen molar-refractivity contribution in [1.82, 2.24) is 9.97 Å². The summed E-state index contributed by atoms with van der Waals surface area (Å²) in [4.78, 5) is 7.87. The number of nitrogens with two attached hydrogens (primary N) is 2. The van der Waals surface area contributed by atoms with E-state index in [1.165, 1.54) is 31.4 Å².